The summed E-state index contributed by atoms with van der Waals surface area (Å²) in [6.07, 6.45) is -0.810. The molecule has 1 atom stereocenters. The van der Waals surface area contributed by atoms with Gasteiger partial charge in [-0.15, -0.1) is 0 Å². The normalized spacial score (nSPS) is 19.2. The molecule has 1 saturated heterocycles. The Morgan fingerprint density at radius 2 is 1.81 bits per heavy atom. The van der Waals surface area contributed by atoms with Gasteiger partial charge in [0.2, 0.25) is 0 Å². The minimum atomic E-state index is -0.810. The van der Waals surface area contributed by atoms with E-state index < -0.39 is 11.9 Å². The third-order valence-corrected chi connectivity index (χ3v) is 4.69. The zero-order chi connectivity index (χ0) is 18.8. The van der Waals surface area contributed by atoms with E-state index in [1.54, 1.807) is 35.2 Å². The van der Waals surface area contributed by atoms with Gasteiger partial charge in [0.25, 0.3) is 11.8 Å². The third-order valence-electron chi connectivity index (χ3n) is 4.69. The van der Waals surface area contributed by atoms with E-state index in [2.05, 4.69) is 0 Å². The van der Waals surface area contributed by atoms with Gasteiger partial charge >= 0.3 is 0 Å². The first-order chi connectivity index (χ1) is 13.1. The summed E-state index contributed by atoms with van der Waals surface area (Å²) in [5, 5.41) is 0. The average molecular weight is 370 g/mol. The van der Waals surface area contributed by atoms with E-state index in [0.29, 0.717) is 37.7 Å². The standard InChI is InChI=1S/C20H19FN2O4/c21-15-5-3-4-14(12-15)19(24)23-13-18(20(25)22-8-10-26-11-9-22)27-17-7-2-1-6-16(17)23/h1-7,12,18H,8-11,13H2/t18-/m1/s1. The van der Waals surface area contributed by atoms with Crippen molar-refractivity contribution in [3.63, 3.8) is 0 Å². The van der Waals surface area contributed by atoms with Gasteiger partial charge in [-0.1, -0.05) is 18.2 Å². The summed E-state index contributed by atoms with van der Waals surface area (Å²) in [6.45, 7) is 2.04. The molecule has 0 aromatic heterocycles. The number of carbonyl (C=O) groups excluding carboxylic acids is 2. The van der Waals surface area contributed by atoms with Gasteiger partial charge in [0.05, 0.1) is 25.4 Å². The lowest BCUT2D eigenvalue weighted by atomic mass is 10.1. The predicted molar refractivity (Wildman–Crippen MR) is 96.3 cm³/mol. The van der Waals surface area contributed by atoms with E-state index >= 15 is 0 Å². The van der Waals surface area contributed by atoms with Crippen LogP contribution < -0.4 is 9.64 Å². The average Bonchev–Trinajstić information content (AvgIpc) is 2.72. The lowest BCUT2D eigenvalue weighted by Crippen LogP contribution is -2.54. The molecule has 140 valence electrons. The number of fused-ring (bicyclic) bond motifs is 1. The smallest absolute Gasteiger partial charge is 0.265 e. The maximum Gasteiger partial charge on any atom is 0.265 e. The van der Waals surface area contributed by atoms with Crippen molar-refractivity contribution < 1.29 is 23.5 Å². The second kappa shape index (κ2) is 7.36. The van der Waals surface area contributed by atoms with Crippen LogP contribution in [-0.2, 0) is 9.53 Å². The molecule has 2 aromatic carbocycles. The fourth-order valence-electron chi connectivity index (χ4n) is 3.32. The highest BCUT2D eigenvalue weighted by molar-refractivity contribution is 6.07. The minimum absolute atomic E-state index is 0.0720. The van der Waals surface area contributed by atoms with Gasteiger partial charge in [-0.3, -0.25) is 9.59 Å². The van der Waals surface area contributed by atoms with Crippen molar-refractivity contribution in [3.05, 3.63) is 59.9 Å². The molecule has 0 spiro atoms. The Kier molecular flexibility index (Phi) is 4.77. The van der Waals surface area contributed by atoms with Gasteiger partial charge in [0.15, 0.2) is 6.10 Å². The Labute approximate surface area is 156 Å². The van der Waals surface area contributed by atoms with Crippen LogP contribution in [0.3, 0.4) is 0 Å². The number of amides is 2. The second-order valence-corrected chi connectivity index (χ2v) is 6.44. The molecule has 0 aliphatic carbocycles. The fraction of sp³-hybridized carbons (Fsp3) is 0.300. The molecule has 2 aromatic rings. The molecule has 0 saturated carbocycles. The number of para-hydroxylation sites is 2. The van der Waals surface area contributed by atoms with Crippen molar-refractivity contribution in [2.24, 2.45) is 0 Å². The van der Waals surface area contributed by atoms with E-state index in [0.717, 1.165) is 0 Å². The number of nitrogens with zero attached hydrogens (tertiary/aromatic N) is 2. The van der Waals surface area contributed by atoms with E-state index in [-0.39, 0.29) is 23.9 Å². The van der Waals surface area contributed by atoms with Crippen LogP contribution in [-0.4, -0.2) is 55.7 Å². The third kappa shape index (κ3) is 3.50. The Hall–Kier alpha value is -2.93. The monoisotopic (exact) mass is 370 g/mol. The minimum Gasteiger partial charge on any atom is -0.476 e. The van der Waals surface area contributed by atoms with Gasteiger partial charge in [0.1, 0.15) is 11.6 Å². The van der Waals surface area contributed by atoms with Crippen molar-refractivity contribution in [3.8, 4) is 5.75 Å². The Morgan fingerprint density at radius 3 is 2.59 bits per heavy atom. The van der Waals surface area contributed by atoms with Crippen LogP contribution in [0, 0.1) is 5.82 Å². The van der Waals surface area contributed by atoms with E-state index in [1.807, 2.05) is 0 Å². The van der Waals surface area contributed by atoms with Crippen LogP contribution in [0.2, 0.25) is 0 Å². The van der Waals surface area contributed by atoms with Crippen LogP contribution in [0.25, 0.3) is 0 Å². The molecule has 1 fully saturated rings. The first-order valence-corrected chi connectivity index (χ1v) is 8.83. The molecule has 0 radical (unpaired) electrons. The van der Waals surface area contributed by atoms with Crippen molar-refractivity contribution in [2.75, 3.05) is 37.7 Å². The van der Waals surface area contributed by atoms with Gasteiger partial charge < -0.3 is 19.3 Å². The molecule has 6 nitrogen and oxygen atoms in total. The topological polar surface area (TPSA) is 59.1 Å². The number of carbonyl (C=O) groups is 2. The number of anilines is 1. The number of morpholine rings is 1. The van der Waals surface area contributed by atoms with E-state index in [9.17, 15) is 14.0 Å². The zero-order valence-electron chi connectivity index (χ0n) is 14.6. The summed E-state index contributed by atoms with van der Waals surface area (Å²) >= 11 is 0. The lowest BCUT2D eigenvalue weighted by molar-refractivity contribution is -0.142. The highest BCUT2D eigenvalue weighted by Crippen LogP contribution is 2.34. The number of rotatable bonds is 2. The van der Waals surface area contributed by atoms with Crippen LogP contribution in [0.5, 0.6) is 5.75 Å². The predicted octanol–water partition coefficient (Wildman–Crippen LogP) is 2.09. The number of hydrogen-bond donors (Lipinski definition) is 0. The maximum absolute atomic E-state index is 13.6. The van der Waals surface area contributed by atoms with Crippen molar-refractivity contribution >= 4 is 17.5 Å². The molecule has 0 N–H and O–H groups in total. The summed E-state index contributed by atoms with van der Waals surface area (Å²) < 4.78 is 24.7. The molecule has 2 amide bonds. The van der Waals surface area contributed by atoms with Crippen molar-refractivity contribution in [1.82, 2.24) is 4.90 Å². The summed E-state index contributed by atoms with van der Waals surface area (Å²) in [6, 6.07) is 12.6. The highest BCUT2D eigenvalue weighted by Gasteiger charge is 2.36. The van der Waals surface area contributed by atoms with E-state index in [4.69, 9.17) is 9.47 Å². The van der Waals surface area contributed by atoms with E-state index in [1.165, 1.54) is 23.1 Å². The molecular weight excluding hydrogens is 351 g/mol. The number of halogens is 1. The van der Waals surface area contributed by atoms with Gasteiger partial charge in [-0.05, 0) is 30.3 Å². The largest absolute Gasteiger partial charge is 0.476 e. The molecule has 0 bridgehead atoms. The summed E-state index contributed by atoms with van der Waals surface area (Å²) in [4.78, 5) is 29.1. The Balaban J connectivity index is 1.64. The Bertz CT molecular complexity index is 867. The quantitative estimate of drug-likeness (QED) is 0.812. The molecule has 0 unspecified atom stereocenters. The number of hydrogen-bond acceptors (Lipinski definition) is 4. The number of benzene rings is 2. The fourth-order valence-corrected chi connectivity index (χ4v) is 3.32. The SMILES string of the molecule is O=C([C@H]1CN(C(=O)c2cccc(F)c2)c2ccccc2O1)N1CCOCC1. The zero-order valence-corrected chi connectivity index (χ0v) is 14.6. The van der Waals surface area contributed by atoms with Crippen LogP contribution >= 0.6 is 0 Å². The highest BCUT2D eigenvalue weighted by atomic mass is 19.1. The van der Waals surface area contributed by atoms with Crippen LogP contribution in [0.4, 0.5) is 10.1 Å². The molecule has 27 heavy (non-hydrogen) atoms. The molecule has 2 aliphatic heterocycles. The first-order valence-electron chi connectivity index (χ1n) is 8.83. The first kappa shape index (κ1) is 17.5. The molecule has 2 aliphatic rings. The molecular formula is C20H19FN2O4. The lowest BCUT2D eigenvalue weighted by Gasteiger charge is -2.37. The molecule has 4 rings (SSSR count). The summed E-state index contributed by atoms with van der Waals surface area (Å²) in [5.41, 5.74) is 0.794. The van der Waals surface area contributed by atoms with Crippen molar-refractivity contribution in [2.45, 2.75) is 6.10 Å². The molecule has 2 heterocycles. The van der Waals surface area contributed by atoms with Gasteiger partial charge in [-0.2, -0.15) is 0 Å². The number of ether oxygens (including phenoxy) is 2. The maximum atomic E-state index is 13.6. The molecule has 7 heteroatoms. The van der Waals surface area contributed by atoms with Gasteiger partial charge in [-0.25, -0.2) is 4.39 Å². The second-order valence-electron chi connectivity index (χ2n) is 6.44. The Morgan fingerprint density at radius 1 is 1.04 bits per heavy atom. The van der Waals surface area contributed by atoms with Crippen LogP contribution in [0.15, 0.2) is 48.5 Å². The summed E-state index contributed by atoms with van der Waals surface area (Å²) in [7, 11) is 0. The van der Waals surface area contributed by atoms with Crippen molar-refractivity contribution in [1.29, 1.82) is 0 Å². The summed E-state index contributed by atoms with van der Waals surface area (Å²) in [5.74, 6) is -0.571. The van der Waals surface area contributed by atoms with Crippen LogP contribution in [0.1, 0.15) is 10.4 Å². The van der Waals surface area contributed by atoms with Gasteiger partial charge in [0, 0.05) is 18.7 Å².